The number of aromatic nitrogens is 3. The van der Waals surface area contributed by atoms with Crippen molar-refractivity contribution in [3.63, 3.8) is 0 Å². The lowest BCUT2D eigenvalue weighted by Crippen LogP contribution is -2.38. The molecule has 0 aliphatic rings. The van der Waals surface area contributed by atoms with E-state index in [0.717, 1.165) is 17.1 Å². The van der Waals surface area contributed by atoms with Crippen LogP contribution in [0.15, 0.2) is 11.7 Å². The van der Waals surface area contributed by atoms with E-state index in [1.54, 1.807) is 4.52 Å². The van der Waals surface area contributed by atoms with Gasteiger partial charge in [0.15, 0.2) is 0 Å². The maximum absolute atomic E-state index is 11.5. The fraction of sp³-hybridized carbons (Fsp3) is 0.556. The molecule has 2 heterocycles. The number of nitrogens with zero attached hydrogens (tertiary/aromatic N) is 3. The number of rotatable bonds is 7. The summed E-state index contributed by atoms with van der Waals surface area (Å²) in [6.45, 7) is 2.70. The molecule has 0 spiro atoms. The molecule has 2 N–H and O–H groups in total. The molecular weight excluding hydrogens is 274 g/mol. The Kier molecular flexibility index (Phi) is 4.27. The van der Waals surface area contributed by atoms with E-state index in [0.29, 0.717) is 19.5 Å². The number of thiazole rings is 1. The van der Waals surface area contributed by atoms with Gasteiger partial charge in [-0.25, -0.2) is 18.9 Å². The second kappa shape index (κ2) is 5.74. The SMILES string of the molecule is CCCNS(=O)(=O)NCCc1csc2ncnn12. The summed E-state index contributed by atoms with van der Waals surface area (Å²) in [5.74, 6) is 0. The Balaban J connectivity index is 1.87. The Labute approximate surface area is 109 Å². The monoisotopic (exact) mass is 289 g/mol. The maximum Gasteiger partial charge on any atom is 0.276 e. The van der Waals surface area contributed by atoms with E-state index in [1.807, 2.05) is 12.3 Å². The Morgan fingerprint density at radius 2 is 2.17 bits per heavy atom. The molecule has 0 unspecified atom stereocenters. The fourth-order valence-electron chi connectivity index (χ4n) is 1.44. The highest BCUT2D eigenvalue weighted by Crippen LogP contribution is 2.12. The van der Waals surface area contributed by atoms with E-state index in [1.165, 1.54) is 17.7 Å². The molecule has 0 amide bonds. The molecule has 0 saturated carbocycles. The zero-order valence-electron chi connectivity index (χ0n) is 9.96. The molecule has 0 aliphatic carbocycles. The van der Waals surface area contributed by atoms with Gasteiger partial charge in [-0.3, -0.25) is 0 Å². The van der Waals surface area contributed by atoms with Crippen LogP contribution in [0.5, 0.6) is 0 Å². The molecule has 0 saturated heterocycles. The van der Waals surface area contributed by atoms with E-state index in [2.05, 4.69) is 19.5 Å². The number of fused-ring (bicyclic) bond motifs is 1. The van der Waals surface area contributed by atoms with Gasteiger partial charge >= 0.3 is 0 Å². The fourth-order valence-corrected chi connectivity index (χ4v) is 3.22. The molecule has 100 valence electrons. The van der Waals surface area contributed by atoms with Crippen molar-refractivity contribution >= 4 is 26.5 Å². The molecule has 0 atom stereocenters. The summed E-state index contributed by atoms with van der Waals surface area (Å²) in [7, 11) is -3.38. The highest BCUT2D eigenvalue weighted by molar-refractivity contribution is 7.87. The van der Waals surface area contributed by atoms with Crippen molar-refractivity contribution in [3.05, 3.63) is 17.4 Å². The smallest absolute Gasteiger partial charge is 0.208 e. The van der Waals surface area contributed by atoms with E-state index >= 15 is 0 Å². The molecule has 0 bridgehead atoms. The first-order valence-corrected chi connectivity index (χ1v) is 7.99. The molecule has 18 heavy (non-hydrogen) atoms. The van der Waals surface area contributed by atoms with Crippen molar-refractivity contribution < 1.29 is 8.42 Å². The predicted molar refractivity (Wildman–Crippen MR) is 69.8 cm³/mol. The normalized spacial score (nSPS) is 12.3. The second-order valence-corrected chi connectivity index (χ2v) is 6.14. The molecule has 9 heteroatoms. The van der Waals surface area contributed by atoms with Gasteiger partial charge in [-0.2, -0.15) is 13.5 Å². The van der Waals surface area contributed by atoms with Crippen molar-refractivity contribution in [3.8, 4) is 0 Å². The zero-order chi connectivity index (χ0) is 13.0. The van der Waals surface area contributed by atoms with Crippen LogP contribution in [0.2, 0.25) is 0 Å². The Morgan fingerprint density at radius 1 is 1.39 bits per heavy atom. The van der Waals surface area contributed by atoms with Crippen LogP contribution in [0.3, 0.4) is 0 Å². The van der Waals surface area contributed by atoms with Gasteiger partial charge in [0.25, 0.3) is 10.2 Å². The summed E-state index contributed by atoms with van der Waals surface area (Å²) in [5, 5.41) is 6.00. The minimum atomic E-state index is -3.38. The first-order chi connectivity index (χ1) is 8.62. The van der Waals surface area contributed by atoms with Crippen molar-refractivity contribution in [1.29, 1.82) is 0 Å². The molecular formula is C9H15N5O2S2. The highest BCUT2D eigenvalue weighted by Gasteiger charge is 2.09. The van der Waals surface area contributed by atoms with Gasteiger partial charge in [0.05, 0.1) is 5.69 Å². The lowest BCUT2D eigenvalue weighted by atomic mass is 10.3. The van der Waals surface area contributed by atoms with Crippen LogP contribution < -0.4 is 9.44 Å². The molecule has 0 fully saturated rings. The first kappa shape index (κ1) is 13.4. The number of hydrogen-bond donors (Lipinski definition) is 2. The van der Waals surface area contributed by atoms with Crippen molar-refractivity contribution in [2.45, 2.75) is 19.8 Å². The Hall–Kier alpha value is -1.03. The number of nitrogens with one attached hydrogen (secondary N) is 2. The van der Waals surface area contributed by atoms with Crippen LogP contribution in [-0.4, -0.2) is 36.1 Å². The molecule has 0 aromatic carbocycles. The van der Waals surface area contributed by atoms with Gasteiger partial charge < -0.3 is 0 Å². The highest BCUT2D eigenvalue weighted by atomic mass is 32.2. The van der Waals surface area contributed by atoms with Crippen LogP contribution >= 0.6 is 11.3 Å². The van der Waals surface area contributed by atoms with Gasteiger partial charge in [0.2, 0.25) is 4.96 Å². The Morgan fingerprint density at radius 3 is 2.94 bits per heavy atom. The molecule has 2 aromatic rings. The summed E-state index contributed by atoms with van der Waals surface area (Å²) < 4.78 is 29.6. The van der Waals surface area contributed by atoms with Gasteiger partial charge in [0.1, 0.15) is 6.33 Å². The molecule has 2 aromatic heterocycles. The van der Waals surface area contributed by atoms with Crippen molar-refractivity contribution in [2.75, 3.05) is 13.1 Å². The molecule has 0 aliphatic heterocycles. The summed E-state index contributed by atoms with van der Waals surface area (Å²) in [5.41, 5.74) is 0.950. The largest absolute Gasteiger partial charge is 0.276 e. The summed E-state index contributed by atoms with van der Waals surface area (Å²) in [6.07, 6.45) is 2.84. The van der Waals surface area contributed by atoms with E-state index < -0.39 is 10.2 Å². The minimum absolute atomic E-state index is 0.338. The predicted octanol–water partition coefficient (Wildman–Crippen LogP) is 0.167. The van der Waals surface area contributed by atoms with E-state index in [9.17, 15) is 8.42 Å². The van der Waals surface area contributed by atoms with Crippen LogP contribution in [-0.2, 0) is 16.6 Å². The van der Waals surface area contributed by atoms with Crippen LogP contribution in [0.25, 0.3) is 4.96 Å². The van der Waals surface area contributed by atoms with Crippen molar-refractivity contribution in [2.24, 2.45) is 0 Å². The standard InChI is InChI=1S/C9H15N5O2S2/c1-2-4-12-18(15,16)13-5-3-8-6-17-9-10-7-11-14(8)9/h6-7,12-13H,2-5H2,1H3. The lowest BCUT2D eigenvalue weighted by molar-refractivity contribution is 0.565. The van der Waals surface area contributed by atoms with Crippen LogP contribution in [0.4, 0.5) is 0 Å². The topological polar surface area (TPSA) is 88.4 Å². The van der Waals surface area contributed by atoms with Crippen LogP contribution in [0.1, 0.15) is 19.0 Å². The first-order valence-electron chi connectivity index (χ1n) is 5.63. The van der Waals surface area contributed by atoms with E-state index in [-0.39, 0.29) is 0 Å². The molecule has 2 rings (SSSR count). The maximum atomic E-state index is 11.5. The quantitative estimate of drug-likeness (QED) is 0.760. The summed E-state index contributed by atoms with van der Waals surface area (Å²) in [6, 6.07) is 0. The Bertz CT molecular complexity index is 603. The van der Waals surface area contributed by atoms with Gasteiger partial charge in [-0.15, -0.1) is 11.3 Å². The average molecular weight is 289 g/mol. The number of hydrogen-bond acceptors (Lipinski definition) is 5. The van der Waals surface area contributed by atoms with Crippen LogP contribution in [0, 0.1) is 0 Å². The van der Waals surface area contributed by atoms with Gasteiger partial charge in [0, 0.05) is 24.9 Å². The second-order valence-electron chi connectivity index (χ2n) is 3.72. The molecule has 0 radical (unpaired) electrons. The molecule has 7 nitrogen and oxygen atoms in total. The third-order valence-electron chi connectivity index (χ3n) is 2.30. The summed E-state index contributed by atoms with van der Waals surface area (Å²) >= 11 is 1.49. The summed E-state index contributed by atoms with van der Waals surface area (Å²) in [4.78, 5) is 4.87. The minimum Gasteiger partial charge on any atom is -0.208 e. The van der Waals surface area contributed by atoms with Crippen molar-refractivity contribution in [1.82, 2.24) is 24.0 Å². The lowest BCUT2D eigenvalue weighted by Gasteiger charge is -2.06. The van der Waals surface area contributed by atoms with Gasteiger partial charge in [-0.1, -0.05) is 6.92 Å². The van der Waals surface area contributed by atoms with E-state index in [4.69, 9.17) is 0 Å². The van der Waals surface area contributed by atoms with Gasteiger partial charge in [-0.05, 0) is 6.42 Å². The zero-order valence-corrected chi connectivity index (χ0v) is 11.6. The third kappa shape index (κ3) is 3.25. The average Bonchev–Trinajstić information content (AvgIpc) is 2.91. The third-order valence-corrected chi connectivity index (χ3v) is 4.35.